The zero-order valence-corrected chi connectivity index (χ0v) is 22.8. The predicted molar refractivity (Wildman–Crippen MR) is 132 cm³/mol. The van der Waals surface area contributed by atoms with Crippen molar-refractivity contribution in [2.45, 2.75) is 84.2 Å². The average molecular weight is 529 g/mol. The second kappa shape index (κ2) is 8.53. The number of carbonyl (C=O) groups is 4. The summed E-state index contributed by atoms with van der Waals surface area (Å²) in [6.45, 7) is 13.3. The highest BCUT2D eigenvalue weighted by molar-refractivity contribution is 5.93. The maximum Gasteiger partial charge on any atom is 0.309 e. The van der Waals surface area contributed by atoms with Gasteiger partial charge in [-0.05, 0) is 30.9 Å². The minimum atomic E-state index is -1.19. The second-order valence-electron chi connectivity index (χ2n) is 12.4. The largest absolute Gasteiger partial charge is 0.472 e. The Hall–Kier alpha value is -2.94. The van der Waals surface area contributed by atoms with Gasteiger partial charge in [0.05, 0.1) is 44.0 Å². The average Bonchev–Trinajstić information content (AvgIpc) is 3.43. The number of hydrogen-bond donors (Lipinski definition) is 0. The maximum absolute atomic E-state index is 14.7. The van der Waals surface area contributed by atoms with Crippen molar-refractivity contribution < 1.29 is 42.5 Å². The van der Waals surface area contributed by atoms with E-state index in [2.05, 4.69) is 6.58 Å². The molecule has 4 fully saturated rings. The fourth-order valence-electron chi connectivity index (χ4n) is 8.07. The van der Waals surface area contributed by atoms with Gasteiger partial charge in [0.25, 0.3) is 0 Å². The fraction of sp³-hybridized carbons (Fsp3) is 0.655. The third-order valence-corrected chi connectivity index (χ3v) is 10.2. The first-order chi connectivity index (χ1) is 17.7. The highest BCUT2D eigenvalue weighted by atomic mass is 16.6. The molecular weight excluding hydrogens is 492 g/mol. The van der Waals surface area contributed by atoms with Crippen LogP contribution in [0.1, 0.15) is 72.0 Å². The second-order valence-corrected chi connectivity index (χ2v) is 12.4. The number of rotatable bonds is 4. The number of ketones is 1. The number of carbonyl (C=O) groups excluding carboxylic acids is 4. The highest BCUT2D eigenvalue weighted by Gasteiger charge is 2.75. The molecule has 1 aromatic heterocycles. The van der Waals surface area contributed by atoms with Crippen LogP contribution in [0.25, 0.3) is 0 Å². The molecule has 3 heterocycles. The lowest BCUT2D eigenvalue weighted by molar-refractivity contribution is -0.258. The third-order valence-electron chi connectivity index (χ3n) is 10.2. The Morgan fingerprint density at radius 2 is 1.89 bits per heavy atom. The van der Waals surface area contributed by atoms with Crippen molar-refractivity contribution in [3.8, 4) is 0 Å². The van der Waals surface area contributed by atoms with Gasteiger partial charge in [0.1, 0.15) is 23.6 Å². The van der Waals surface area contributed by atoms with Crippen LogP contribution in [0.2, 0.25) is 0 Å². The quantitative estimate of drug-likeness (QED) is 0.323. The van der Waals surface area contributed by atoms with Crippen LogP contribution in [0, 0.1) is 28.1 Å². The van der Waals surface area contributed by atoms with Crippen molar-refractivity contribution in [2.24, 2.45) is 28.1 Å². The van der Waals surface area contributed by atoms with Crippen LogP contribution >= 0.6 is 0 Å². The minimum Gasteiger partial charge on any atom is -0.472 e. The molecule has 8 atom stereocenters. The molecule has 0 amide bonds. The lowest BCUT2D eigenvalue weighted by Crippen LogP contribution is -2.65. The number of methoxy groups -OCH3 is 1. The Morgan fingerprint density at radius 3 is 2.50 bits per heavy atom. The summed E-state index contributed by atoms with van der Waals surface area (Å²) in [6, 6.07) is 1.75. The zero-order valence-electron chi connectivity index (χ0n) is 22.8. The van der Waals surface area contributed by atoms with Crippen LogP contribution in [-0.2, 0) is 38.1 Å². The molecular formula is C29H36O9. The van der Waals surface area contributed by atoms with E-state index >= 15 is 0 Å². The minimum absolute atomic E-state index is 0.0491. The SMILES string of the molecule is C=C1[C@@H]2C[C@@]3(C)[C@H](c4ccoc4)OC(=O)CC13O[C@H]1C[C@@H](OC(C)=O)C(C)(C)[C@H](CC(=O)OC)[C@@]1(C)C2=O. The lowest BCUT2D eigenvalue weighted by Gasteiger charge is -2.59. The molecule has 9 nitrogen and oxygen atoms in total. The van der Waals surface area contributed by atoms with E-state index < -0.39 is 69.9 Å². The molecule has 1 spiro atoms. The van der Waals surface area contributed by atoms with E-state index in [4.69, 9.17) is 23.4 Å². The molecule has 0 radical (unpaired) electrons. The monoisotopic (exact) mass is 528 g/mol. The summed E-state index contributed by atoms with van der Waals surface area (Å²) < 4.78 is 29.0. The molecule has 2 aliphatic carbocycles. The van der Waals surface area contributed by atoms with Crippen LogP contribution < -0.4 is 0 Å². The van der Waals surface area contributed by atoms with Gasteiger partial charge in [-0.15, -0.1) is 0 Å². The van der Waals surface area contributed by atoms with Gasteiger partial charge < -0.3 is 23.4 Å². The first-order valence-corrected chi connectivity index (χ1v) is 13.1. The van der Waals surface area contributed by atoms with Crippen molar-refractivity contribution in [1.29, 1.82) is 0 Å². The molecule has 2 bridgehead atoms. The highest BCUT2D eigenvalue weighted by Crippen LogP contribution is 2.70. The van der Waals surface area contributed by atoms with E-state index in [0.717, 1.165) is 0 Å². The van der Waals surface area contributed by atoms with Gasteiger partial charge in [-0.2, -0.15) is 0 Å². The van der Waals surface area contributed by atoms with Gasteiger partial charge in [0, 0.05) is 35.7 Å². The fourth-order valence-corrected chi connectivity index (χ4v) is 8.07. The molecule has 206 valence electrons. The molecule has 9 heteroatoms. The summed E-state index contributed by atoms with van der Waals surface area (Å²) in [7, 11) is 1.31. The number of furan rings is 1. The Kier molecular flexibility index (Phi) is 5.98. The van der Waals surface area contributed by atoms with Crippen LogP contribution in [0.3, 0.4) is 0 Å². The predicted octanol–water partition coefficient (Wildman–Crippen LogP) is 4.10. The number of hydrogen-bond acceptors (Lipinski definition) is 9. The van der Waals surface area contributed by atoms with Gasteiger partial charge >= 0.3 is 17.9 Å². The van der Waals surface area contributed by atoms with E-state index in [1.807, 2.05) is 27.7 Å². The lowest BCUT2D eigenvalue weighted by atomic mass is 9.50. The molecule has 1 unspecified atom stereocenters. The van der Waals surface area contributed by atoms with Gasteiger partial charge in [0.2, 0.25) is 0 Å². The number of Topliss-reactive ketones (excluding diaryl/α,β-unsaturated/α-hetero) is 1. The van der Waals surface area contributed by atoms with Crippen LogP contribution in [0.4, 0.5) is 0 Å². The Balaban J connectivity index is 1.67. The van der Waals surface area contributed by atoms with Crippen LogP contribution in [0.15, 0.2) is 35.2 Å². The van der Waals surface area contributed by atoms with Crippen molar-refractivity contribution >= 4 is 23.7 Å². The van der Waals surface area contributed by atoms with Gasteiger partial charge in [0.15, 0.2) is 0 Å². The molecule has 2 aliphatic heterocycles. The molecule has 2 saturated heterocycles. The molecule has 5 rings (SSSR count). The maximum atomic E-state index is 14.7. The molecule has 38 heavy (non-hydrogen) atoms. The molecule has 0 aromatic carbocycles. The molecule has 2 saturated carbocycles. The molecule has 4 aliphatic rings. The zero-order chi connectivity index (χ0) is 27.8. The number of fused-ring (bicyclic) bond motifs is 2. The Morgan fingerprint density at radius 1 is 1.18 bits per heavy atom. The van der Waals surface area contributed by atoms with Crippen LogP contribution in [0.5, 0.6) is 0 Å². The van der Waals surface area contributed by atoms with Crippen molar-refractivity contribution in [1.82, 2.24) is 0 Å². The number of ether oxygens (including phenoxy) is 4. The van der Waals surface area contributed by atoms with Gasteiger partial charge in [-0.25, -0.2) is 0 Å². The summed E-state index contributed by atoms with van der Waals surface area (Å²) in [5.41, 5.74) is -2.62. The summed E-state index contributed by atoms with van der Waals surface area (Å²) in [5, 5.41) is 0. The van der Waals surface area contributed by atoms with Gasteiger partial charge in [-0.3, -0.25) is 19.2 Å². The van der Waals surface area contributed by atoms with Crippen molar-refractivity contribution in [3.63, 3.8) is 0 Å². The van der Waals surface area contributed by atoms with E-state index in [9.17, 15) is 19.2 Å². The summed E-state index contributed by atoms with van der Waals surface area (Å²) >= 11 is 0. The first kappa shape index (κ1) is 26.7. The van der Waals surface area contributed by atoms with E-state index in [1.54, 1.807) is 12.3 Å². The Labute approximate surface area is 222 Å². The normalized spacial score (nSPS) is 41.4. The van der Waals surface area contributed by atoms with E-state index in [1.165, 1.54) is 20.3 Å². The van der Waals surface area contributed by atoms with E-state index in [-0.39, 0.29) is 25.0 Å². The molecule has 1 aromatic rings. The standard InChI is InChI=1S/C29H36O9/c1-15-18-12-27(5)25(17-8-9-35-14-17)37-23(32)13-29(15,27)38-21-11-20(36-16(2)30)26(3,4)19(10-22(31)34-7)28(21,6)24(18)33/h8-9,14,18-21,25H,1,10-13H2,2-7H3/t18-,19-,20+,21-,25-,27-,28+,29?/m0/s1. The summed E-state index contributed by atoms with van der Waals surface area (Å²) in [5.74, 6) is -2.63. The first-order valence-electron chi connectivity index (χ1n) is 13.1. The van der Waals surface area contributed by atoms with Crippen molar-refractivity contribution in [3.05, 3.63) is 36.3 Å². The van der Waals surface area contributed by atoms with Crippen molar-refractivity contribution in [2.75, 3.05) is 7.11 Å². The topological polar surface area (TPSA) is 118 Å². The summed E-state index contributed by atoms with van der Waals surface area (Å²) in [6.07, 6.45) is 1.44. The third kappa shape index (κ3) is 3.39. The Bertz CT molecular complexity index is 1200. The van der Waals surface area contributed by atoms with Gasteiger partial charge in [-0.1, -0.05) is 27.4 Å². The number of esters is 3. The number of cyclic esters (lactones) is 1. The molecule has 0 N–H and O–H groups in total. The van der Waals surface area contributed by atoms with E-state index in [0.29, 0.717) is 17.6 Å². The smallest absolute Gasteiger partial charge is 0.309 e. The summed E-state index contributed by atoms with van der Waals surface area (Å²) in [4.78, 5) is 52.6. The van der Waals surface area contributed by atoms with Crippen LogP contribution in [-0.4, -0.2) is 48.6 Å².